The molecule has 0 amide bonds. The molecule has 0 aliphatic rings. The number of pyridine rings is 1. The van der Waals surface area contributed by atoms with Crippen LogP contribution in [0.5, 0.6) is 17.4 Å². The van der Waals surface area contributed by atoms with Crippen LogP contribution in [0, 0.1) is 0 Å². The highest BCUT2D eigenvalue weighted by Crippen LogP contribution is 2.35. The van der Waals surface area contributed by atoms with Crippen molar-refractivity contribution in [1.29, 1.82) is 0 Å². The number of ether oxygens (including phenoxy) is 2. The second kappa shape index (κ2) is 6.23. The van der Waals surface area contributed by atoms with E-state index in [-0.39, 0.29) is 6.61 Å². The summed E-state index contributed by atoms with van der Waals surface area (Å²) in [6.45, 7) is -0.0560. The molecule has 0 fully saturated rings. The maximum absolute atomic E-state index is 9.08. The minimum atomic E-state index is -0.0560. The summed E-state index contributed by atoms with van der Waals surface area (Å²) in [6.07, 6.45) is 1.50. The van der Waals surface area contributed by atoms with Crippen LogP contribution in [0.1, 0.15) is 5.56 Å². The highest BCUT2D eigenvalue weighted by molar-refractivity contribution is 9.10. The first-order valence-corrected chi connectivity index (χ1v) is 6.58. The molecule has 0 spiro atoms. The lowest BCUT2D eigenvalue weighted by Gasteiger charge is -2.11. The summed E-state index contributed by atoms with van der Waals surface area (Å²) in [5.74, 6) is 1.42. The predicted octanol–water partition coefficient (Wildman–Crippen LogP) is 3.79. The number of aliphatic hydroxyl groups excluding tert-OH is 1. The van der Waals surface area contributed by atoms with E-state index >= 15 is 0 Å². The number of methoxy groups -OCH3 is 1. The summed E-state index contributed by atoms with van der Waals surface area (Å²) < 4.78 is 11.5. The Labute approximate surface area is 124 Å². The quantitative estimate of drug-likeness (QED) is 0.917. The zero-order valence-corrected chi connectivity index (χ0v) is 12.4. The van der Waals surface area contributed by atoms with Gasteiger partial charge in [-0.25, -0.2) is 4.98 Å². The minimum Gasteiger partial charge on any atom is -0.493 e. The Morgan fingerprint density at radius 2 is 2.11 bits per heavy atom. The monoisotopic (exact) mass is 343 g/mol. The number of hydrogen-bond donors (Lipinski definition) is 1. The third-order valence-electron chi connectivity index (χ3n) is 2.39. The fraction of sp³-hybridized carbons (Fsp3) is 0.154. The topological polar surface area (TPSA) is 51.6 Å². The Morgan fingerprint density at radius 1 is 1.32 bits per heavy atom. The number of aliphatic hydroxyl groups is 1. The van der Waals surface area contributed by atoms with E-state index in [0.29, 0.717) is 26.9 Å². The van der Waals surface area contributed by atoms with Gasteiger partial charge in [0.1, 0.15) is 0 Å². The highest BCUT2D eigenvalue weighted by atomic mass is 79.9. The fourth-order valence-corrected chi connectivity index (χ4v) is 2.20. The summed E-state index contributed by atoms with van der Waals surface area (Å²) in [4.78, 5) is 4.09. The molecule has 0 unspecified atom stereocenters. The maximum Gasteiger partial charge on any atom is 0.233 e. The molecule has 100 valence electrons. The van der Waals surface area contributed by atoms with Crippen molar-refractivity contribution in [1.82, 2.24) is 4.98 Å². The largest absolute Gasteiger partial charge is 0.493 e. The van der Waals surface area contributed by atoms with Crippen LogP contribution in [0.3, 0.4) is 0 Å². The first-order valence-electron chi connectivity index (χ1n) is 5.40. The van der Waals surface area contributed by atoms with Crippen LogP contribution in [0.4, 0.5) is 0 Å². The van der Waals surface area contributed by atoms with Gasteiger partial charge in [-0.2, -0.15) is 0 Å². The molecule has 0 saturated carbocycles. The predicted molar refractivity (Wildman–Crippen MR) is 75.9 cm³/mol. The van der Waals surface area contributed by atoms with Crippen LogP contribution in [-0.4, -0.2) is 17.2 Å². The van der Waals surface area contributed by atoms with Crippen molar-refractivity contribution in [3.8, 4) is 17.4 Å². The van der Waals surface area contributed by atoms with E-state index in [1.807, 2.05) is 0 Å². The van der Waals surface area contributed by atoms with Crippen LogP contribution >= 0.6 is 27.5 Å². The van der Waals surface area contributed by atoms with E-state index in [1.54, 1.807) is 24.3 Å². The summed E-state index contributed by atoms with van der Waals surface area (Å²) >= 11 is 9.14. The zero-order chi connectivity index (χ0) is 13.8. The first kappa shape index (κ1) is 14.1. The summed E-state index contributed by atoms with van der Waals surface area (Å²) in [5.41, 5.74) is 0.743. The molecule has 0 saturated heterocycles. The van der Waals surface area contributed by atoms with Gasteiger partial charge in [0.2, 0.25) is 5.88 Å². The van der Waals surface area contributed by atoms with Gasteiger partial charge in [0, 0.05) is 6.20 Å². The van der Waals surface area contributed by atoms with Crippen molar-refractivity contribution in [2.75, 3.05) is 7.11 Å². The molecular weight excluding hydrogens is 334 g/mol. The molecule has 1 N–H and O–H groups in total. The molecule has 19 heavy (non-hydrogen) atoms. The number of benzene rings is 1. The highest BCUT2D eigenvalue weighted by Gasteiger charge is 2.10. The Balaban J connectivity index is 2.32. The normalized spacial score (nSPS) is 10.3. The number of rotatable bonds is 4. The van der Waals surface area contributed by atoms with Crippen LogP contribution in [0.25, 0.3) is 0 Å². The number of hydrogen-bond acceptors (Lipinski definition) is 4. The molecule has 0 aliphatic heterocycles. The van der Waals surface area contributed by atoms with Gasteiger partial charge >= 0.3 is 0 Å². The van der Waals surface area contributed by atoms with Crippen LogP contribution < -0.4 is 9.47 Å². The molecule has 0 aliphatic carbocycles. The average Bonchev–Trinajstić information content (AvgIpc) is 2.42. The van der Waals surface area contributed by atoms with Gasteiger partial charge in [0.15, 0.2) is 11.5 Å². The van der Waals surface area contributed by atoms with Crippen molar-refractivity contribution >= 4 is 27.5 Å². The molecule has 2 rings (SSSR count). The molecule has 0 atom stereocenters. The van der Waals surface area contributed by atoms with Gasteiger partial charge in [-0.05, 0) is 39.7 Å². The van der Waals surface area contributed by atoms with Gasteiger partial charge in [-0.3, -0.25) is 0 Å². The van der Waals surface area contributed by atoms with Crippen LogP contribution in [0.15, 0.2) is 34.9 Å². The van der Waals surface area contributed by atoms with Crippen molar-refractivity contribution in [2.45, 2.75) is 6.61 Å². The Hall–Kier alpha value is -1.30. The maximum atomic E-state index is 9.08. The van der Waals surface area contributed by atoms with Crippen LogP contribution in [0.2, 0.25) is 5.02 Å². The smallest absolute Gasteiger partial charge is 0.233 e. The molecule has 0 bridgehead atoms. The van der Waals surface area contributed by atoms with Gasteiger partial charge < -0.3 is 14.6 Å². The third kappa shape index (κ3) is 3.37. The van der Waals surface area contributed by atoms with Gasteiger partial charge in [-0.15, -0.1) is 0 Å². The van der Waals surface area contributed by atoms with Crippen molar-refractivity contribution in [3.63, 3.8) is 0 Å². The van der Waals surface area contributed by atoms with E-state index in [1.165, 1.54) is 13.3 Å². The molecule has 1 aromatic heterocycles. The van der Waals surface area contributed by atoms with Gasteiger partial charge in [-0.1, -0.05) is 17.7 Å². The van der Waals surface area contributed by atoms with E-state index < -0.39 is 0 Å². The fourth-order valence-electron chi connectivity index (χ4n) is 1.48. The number of halogens is 2. The van der Waals surface area contributed by atoms with E-state index in [4.69, 9.17) is 26.2 Å². The van der Waals surface area contributed by atoms with Crippen molar-refractivity contribution < 1.29 is 14.6 Å². The molecule has 6 heteroatoms. The van der Waals surface area contributed by atoms with E-state index in [0.717, 1.165) is 5.56 Å². The molecule has 1 heterocycles. The summed E-state index contributed by atoms with van der Waals surface area (Å²) in [7, 11) is 1.54. The van der Waals surface area contributed by atoms with Gasteiger partial charge in [0.25, 0.3) is 0 Å². The van der Waals surface area contributed by atoms with E-state index in [2.05, 4.69) is 20.9 Å². The summed E-state index contributed by atoms with van der Waals surface area (Å²) in [6, 6.07) is 6.87. The molecular formula is C13H11BrClNO3. The third-order valence-corrected chi connectivity index (χ3v) is 3.17. The second-order valence-electron chi connectivity index (χ2n) is 3.69. The average molecular weight is 345 g/mol. The molecule has 2 aromatic rings. The van der Waals surface area contributed by atoms with Gasteiger partial charge in [0.05, 0.1) is 23.2 Å². The Kier molecular flexibility index (Phi) is 4.63. The van der Waals surface area contributed by atoms with Crippen LogP contribution in [-0.2, 0) is 6.61 Å². The standard InChI is InChI=1S/C13H11BrClNO3/c1-18-12-4-8(7-17)2-3-11(12)19-13-10(14)5-9(15)6-16-13/h2-6,17H,7H2,1H3. The SMILES string of the molecule is COc1cc(CO)ccc1Oc1ncc(Cl)cc1Br. The lowest BCUT2D eigenvalue weighted by Crippen LogP contribution is -1.94. The second-order valence-corrected chi connectivity index (χ2v) is 4.98. The number of nitrogens with zero attached hydrogens (tertiary/aromatic N) is 1. The van der Waals surface area contributed by atoms with E-state index in [9.17, 15) is 0 Å². The first-order chi connectivity index (χ1) is 9.13. The molecule has 0 radical (unpaired) electrons. The lowest BCUT2D eigenvalue weighted by molar-refractivity contribution is 0.280. The zero-order valence-electron chi connectivity index (χ0n) is 10.1. The Morgan fingerprint density at radius 3 is 2.74 bits per heavy atom. The molecule has 4 nitrogen and oxygen atoms in total. The summed E-state index contributed by atoms with van der Waals surface area (Å²) in [5, 5.41) is 9.60. The molecule has 1 aromatic carbocycles. The lowest BCUT2D eigenvalue weighted by atomic mass is 10.2. The Bertz CT molecular complexity index is 592. The minimum absolute atomic E-state index is 0.0560. The number of aromatic nitrogens is 1. The van der Waals surface area contributed by atoms with Crippen molar-refractivity contribution in [2.24, 2.45) is 0 Å². The van der Waals surface area contributed by atoms with Crippen molar-refractivity contribution in [3.05, 3.63) is 45.5 Å².